The zero-order chi connectivity index (χ0) is 22.2. The molecule has 2 aromatic carbocycles. The molecule has 0 bridgehead atoms. The first-order valence-electron chi connectivity index (χ1n) is 8.95. The smallest absolute Gasteiger partial charge is 0.272 e. The Bertz CT molecular complexity index is 1100. The van der Waals surface area contributed by atoms with Crippen LogP contribution in [0.25, 0.3) is 0 Å². The van der Waals surface area contributed by atoms with Crippen LogP contribution in [0.15, 0.2) is 66.0 Å². The van der Waals surface area contributed by atoms with Crippen molar-refractivity contribution < 1.29 is 19.2 Å². The van der Waals surface area contributed by atoms with Gasteiger partial charge in [0, 0.05) is 24.5 Å². The van der Waals surface area contributed by atoms with Gasteiger partial charge in [-0.05, 0) is 70.1 Å². The van der Waals surface area contributed by atoms with Crippen LogP contribution >= 0.6 is 22.6 Å². The zero-order valence-corrected chi connectivity index (χ0v) is 18.5. The van der Waals surface area contributed by atoms with E-state index in [9.17, 15) is 14.9 Å². The molecular formula is C21H17IN4O5. The summed E-state index contributed by atoms with van der Waals surface area (Å²) in [6, 6.07) is 13.0. The maximum Gasteiger partial charge on any atom is 0.272 e. The molecule has 3 aromatic rings. The molecule has 1 N–H and O–H groups in total. The lowest BCUT2D eigenvalue weighted by molar-refractivity contribution is -0.384. The molecule has 1 heterocycles. The number of nitrogens with one attached hydrogen (secondary N) is 1. The lowest BCUT2D eigenvalue weighted by Crippen LogP contribution is -2.17. The lowest BCUT2D eigenvalue weighted by atomic mass is 10.2. The number of carbonyl (C=O) groups is 1. The molecule has 1 amide bonds. The average Bonchev–Trinajstić information content (AvgIpc) is 2.78. The maximum atomic E-state index is 12.0. The number of halogens is 1. The summed E-state index contributed by atoms with van der Waals surface area (Å²) in [7, 11) is 1.52. The van der Waals surface area contributed by atoms with Gasteiger partial charge in [-0.15, -0.1) is 0 Å². The number of amides is 1. The van der Waals surface area contributed by atoms with Gasteiger partial charge >= 0.3 is 0 Å². The number of rotatable bonds is 8. The zero-order valence-electron chi connectivity index (χ0n) is 16.3. The molecule has 158 valence electrons. The molecule has 0 saturated carbocycles. The highest BCUT2D eigenvalue weighted by Crippen LogP contribution is 2.34. The Morgan fingerprint density at radius 2 is 2.06 bits per heavy atom. The van der Waals surface area contributed by atoms with Gasteiger partial charge in [0.05, 0.1) is 27.4 Å². The minimum Gasteiger partial charge on any atom is -0.493 e. The fourth-order valence-corrected chi connectivity index (χ4v) is 3.33. The van der Waals surface area contributed by atoms with Crippen LogP contribution < -0.4 is 14.9 Å². The van der Waals surface area contributed by atoms with E-state index in [1.807, 2.05) is 6.07 Å². The summed E-state index contributed by atoms with van der Waals surface area (Å²) < 4.78 is 12.1. The predicted molar refractivity (Wildman–Crippen MR) is 122 cm³/mol. The quantitative estimate of drug-likeness (QED) is 0.203. The summed E-state index contributed by atoms with van der Waals surface area (Å²) in [4.78, 5) is 26.2. The largest absolute Gasteiger partial charge is 0.493 e. The van der Waals surface area contributed by atoms with Crippen LogP contribution in [-0.4, -0.2) is 29.1 Å². The highest BCUT2D eigenvalue weighted by atomic mass is 127. The number of hydrazone groups is 1. The van der Waals surface area contributed by atoms with Crippen molar-refractivity contribution in [3.05, 3.63) is 91.3 Å². The lowest BCUT2D eigenvalue weighted by Gasteiger charge is -2.13. The number of ether oxygens (including phenoxy) is 2. The van der Waals surface area contributed by atoms with E-state index >= 15 is 0 Å². The molecule has 31 heavy (non-hydrogen) atoms. The maximum absolute atomic E-state index is 12.0. The number of nitro benzene ring substituents is 1. The molecular weight excluding hydrogens is 515 g/mol. The van der Waals surface area contributed by atoms with Crippen molar-refractivity contribution in [1.82, 2.24) is 10.4 Å². The van der Waals surface area contributed by atoms with Crippen molar-refractivity contribution in [2.45, 2.75) is 6.61 Å². The fraction of sp³-hybridized carbons (Fsp3) is 0.0952. The van der Waals surface area contributed by atoms with E-state index in [0.717, 1.165) is 9.13 Å². The molecule has 1 aromatic heterocycles. The summed E-state index contributed by atoms with van der Waals surface area (Å²) >= 11 is 2.11. The molecule has 0 radical (unpaired) electrons. The third-order valence-corrected chi connectivity index (χ3v) is 4.89. The van der Waals surface area contributed by atoms with Gasteiger partial charge < -0.3 is 9.47 Å². The summed E-state index contributed by atoms with van der Waals surface area (Å²) in [6.45, 7) is 0.221. The van der Waals surface area contributed by atoms with E-state index in [-0.39, 0.29) is 18.2 Å². The molecule has 0 spiro atoms. The van der Waals surface area contributed by atoms with Crippen molar-refractivity contribution in [2.24, 2.45) is 5.10 Å². The number of aromatic nitrogens is 1. The molecule has 0 aliphatic rings. The van der Waals surface area contributed by atoms with E-state index in [1.165, 1.54) is 31.7 Å². The van der Waals surface area contributed by atoms with Crippen LogP contribution in [0.1, 0.15) is 21.5 Å². The molecule has 0 saturated heterocycles. The molecule has 0 aliphatic carbocycles. The van der Waals surface area contributed by atoms with Crippen molar-refractivity contribution >= 4 is 40.4 Å². The first-order valence-corrected chi connectivity index (χ1v) is 10.0. The number of pyridine rings is 1. The second kappa shape index (κ2) is 10.5. The van der Waals surface area contributed by atoms with E-state index in [0.29, 0.717) is 22.6 Å². The summed E-state index contributed by atoms with van der Waals surface area (Å²) in [6.07, 6.45) is 4.53. The van der Waals surface area contributed by atoms with Crippen molar-refractivity contribution in [1.29, 1.82) is 0 Å². The second-order valence-electron chi connectivity index (χ2n) is 6.19. The molecule has 9 nitrogen and oxygen atoms in total. The van der Waals surface area contributed by atoms with Gasteiger partial charge in [0.2, 0.25) is 0 Å². The Labute approximate surface area is 191 Å². The standard InChI is InChI=1S/C21H17IN4O5/c1-30-19-10-15(11-24-25-21(27)16-3-2-8-23-12-16)9-18(22)20(19)31-13-14-4-6-17(7-5-14)26(28)29/h2-12H,13H2,1H3,(H,25,27)/b24-11+. The van der Waals surface area contributed by atoms with Gasteiger partial charge in [-0.3, -0.25) is 19.9 Å². The highest BCUT2D eigenvalue weighted by Gasteiger charge is 2.12. The van der Waals surface area contributed by atoms with Crippen LogP contribution in [-0.2, 0) is 6.61 Å². The fourth-order valence-electron chi connectivity index (χ4n) is 2.55. The number of benzene rings is 2. The highest BCUT2D eigenvalue weighted by molar-refractivity contribution is 14.1. The Kier molecular flexibility index (Phi) is 7.49. The van der Waals surface area contributed by atoms with Crippen molar-refractivity contribution in [3.8, 4) is 11.5 Å². The van der Waals surface area contributed by atoms with Gasteiger partial charge in [0.25, 0.3) is 11.6 Å². The van der Waals surface area contributed by atoms with Gasteiger partial charge in [-0.25, -0.2) is 5.43 Å². The molecule has 10 heteroatoms. The number of carbonyl (C=O) groups excluding carboxylic acids is 1. The van der Waals surface area contributed by atoms with E-state index in [1.54, 1.807) is 36.5 Å². The number of non-ortho nitro benzene ring substituents is 1. The molecule has 0 unspecified atom stereocenters. The van der Waals surface area contributed by atoms with Crippen molar-refractivity contribution in [3.63, 3.8) is 0 Å². The van der Waals surface area contributed by atoms with Gasteiger partial charge in [-0.1, -0.05) is 0 Å². The van der Waals surface area contributed by atoms with E-state index in [4.69, 9.17) is 9.47 Å². The Balaban J connectivity index is 1.68. The molecule has 0 atom stereocenters. The Hall–Kier alpha value is -3.54. The second-order valence-corrected chi connectivity index (χ2v) is 7.35. The number of nitro groups is 1. The molecule has 3 rings (SSSR count). The average molecular weight is 532 g/mol. The van der Waals surface area contributed by atoms with E-state index in [2.05, 4.69) is 38.1 Å². The Morgan fingerprint density at radius 3 is 2.71 bits per heavy atom. The van der Waals surface area contributed by atoms with Crippen LogP contribution in [0.2, 0.25) is 0 Å². The molecule has 0 fully saturated rings. The minimum absolute atomic E-state index is 0.0233. The number of methoxy groups -OCH3 is 1. The van der Waals surface area contributed by atoms with Crippen LogP contribution in [0.4, 0.5) is 5.69 Å². The van der Waals surface area contributed by atoms with E-state index < -0.39 is 4.92 Å². The van der Waals surface area contributed by atoms with Gasteiger partial charge in [-0.2, -0.15) is 5.10 Å². The summed E-state index contributed by atoms with van der Waals surface area (Å²) in [5, 5.41) is 14.7. The number of hydrogen-bond acceptors (Lipinski definition) is 7. The predicted octanol–water partition coefficient (Wildman–Crippen LogP) is 3.95. The first kappa shape index (κ1) is 22.2. The van der Waals surface area contributed by atoms with Crippen LogP contribution in [0, 0.1) is 13.7 Å². The van der Waals surface area contributed by atoms with Gasteiger partial charge in [0.15, 0.2) is 11.5 Å². The molecule has 0 aliphatic heterocycles. The normalized spacial score (nSPS) is 10.6. The Morgan fingerprint density at radius 1 is 1.29 bits per heavy atom. The topological polar surface area (TPSA) is 116 Å². The number of nitrogens with zero attached hydrogens (tertiary/aromatic N) is 3. The third-order valence-electron chi connectivity index (χ3n) is 4.09. The summed E-state index contributed by atoms with van der Waals surface area (Å²) in [5.41, 5.74) is 4.36. The minimum atomic E-state index is -0.448. The first-order chi connectivity index (χ1) is 15.0. The van der Waals surface area contributed by atoms with Crippen molar-refractivity contribution in [2.75, 3.05) is 7.11 Å². The monoisotopic (exact) mass is 532 g/mol. The van der Waals surface area contributed by atoms with Gasteiger partial charge in [0.1, 0.15) is 6.61 Å². The van der Waals surface area contributed by atoms with Crippen LogP contribution in [0.5, 0.6) is 11.5 Å². The van der Waals surface area contributed by atoms with Crippen LogP contribution in [0.3, 0.4) is 0 Å². The summed E-state index contributed by atoms with van der Waals surface area (Å²) in [5.74, 6) is 0.668. The third kappa shape index (κ3) is 5.98. The SMILES string of the molecule is COc1cc(/C=N/NC(=O)c2cccnc2)cc(I)c1OCc1ccc([N+](=O)[O-])cc1. The number of hydrogen-bond donors (Lipinski definition) is 1.